The third kappa shape index (κ3) is 3.77. The van der Waals surface area contributed by atoms with E-state index in [0.717, 1.165) is 65.6 Å². The number of likely N-dealkylation sites (tertiary alicyclic amines) is 1. The third-order valence-corrected chi connectivity index (χ3v) is 4.90. The number of aliphatic hydroxyl groups excluding tert-OH is 1. The maximum absolute atomic E-state index is 9.67. The molecule has 3 rings (SSSR count). The predicted molar refractivity (Wildman–Crippen MR) is 84.1 cm³/mol. The molecule has 2 N–H and O–H groups in total. The summed E-state index contributed by atoms with van der Waals surface area (Å²) < 4.78 is 5.37. The Labute approximate surface area is 133 Å². The largest absolute Gasteiger partial charge is 0.396 e. The van der Waals surface area contributed by atoms with Crippen molar-refractivity contribution >= 4 is 24.8 Å². The molecule has 120 valence electrons. The zero-order valence-corrected chi connectivity index (χ0v) is 13.6. The minimum Gasteiger partial charge on any atom is -0.396 e. The molecule has 0 aromatic carbocycles. The Kier molecular flexibility index (Phi) is 7.49. The number of morpholine rings is 1. The molecule has 2 unspecified atom stereocenters. The Balaban J connectivity index is 0.000001000. The van der Waals surface area contributed by atoms with Crippen LogP contribution < -0.4 is 5.32 Å². The molecule has 0 aliphatic carbocycles. The molecule has 3 fully saturated rings. The summed E-state index contributed by atoms with van der Waals surface area (Å²) in [4.78, 5) is 5.03. The lowest BCUT2D eigenvalue weighted by atomic mass is 9.82. The standard InChI is InChI=1S/C13H25N3O2.2ClH/c17-11-13-9-14-7-12(13)8-16(10-13)2-1-15-3-5-18-6-4-15;;/h12,14,17H,1-11H2;2*1H. The van der Waals surface area contributed by atoms with Gasteiger partial charge in [0.05, 0.1) is 19.8 Å². The van der Waals surface area contributed by atoms with Gasteiger partial charge in [-0.2, -0.15) is 0 Å². The van der Waals surface area contributed by atoms with Gasteiger partial charge in [0.25, 0.3) is 0 Å². The van der Waals surface area contributed by atoms with Crippen LogP contribution in [0.5, 0.6) is 0 Å². The predicted octanol–water partition coefficient (Wildman–Crippen LogP) is -0.324. The number of hydrogen-bond acceptors (Lipinski definition) is 5. The summed E-state index contributed by atoms with van der Waals surface area (Å²) in [5, 5.41) is 13.1. The number of aliphatic hydroxyl groups is 1. The van der Waals surface area contributed by atoms with E-state index in [2.05, 4.69) is 15.1 Å². The molecule has 20 heavy (non-hydrogen) atoms. The van der Waals surface area contributed by atoms with Crippen molar-refractivity contribution < 1.29 is 9.84 Å². The highest BCUT2D eigenvalue weighted by Gasteiger charge is 2.48. The van der Waals surface area contributed by atoms with Crippen LogP contribution in [0.2, 0.25) is 0 Å². The van der Waals surface area contributed by atoms with Gasteiger partial charge in [0.1, 0.15) is 0 Å². The molecular formula is C13H27Cl2N3O2. The normalized spacial score (nSPS) is 34.4. The number of nitrogens with one attached hydrogen (secondary N) is 1. The van der Waals surface area contributed by atoms with E-state index in [9.17, 15) is 5.11 Å². The van der Waals surface area contributed by atoms with Gasteiger partial charge in [-0.05, 0) is 12.5 Å². The van der Waals surface area contributed by atoms with Crippen LogP contribution in [0.1, 0.15) is 0 Å². The van der Waals surface area contributed by atoms with E-state index in [1.54, 1.807) is 0 Å². The van der Waals surface area contributed by atoms with Crippen LogP contribution in [0.3, 0.4) is 0 Å². The fourth-order valence-electron chi connectivity index (χ4n) is 3.63. The smallest absolute Gasteiger partial charge is 0.0594 e. The highest BCUT2D eigenvalue weighted by Crippen LogP contribution is 2.38. The lowest BCUT2D eigenvalue weighted by molar-refractivity contribution is 0.0334. The lowest BCUT2D eigenvalue weighted by Gasteiger charge is -2.29. The van der Waals surface area contributed by atoms with Crippen molar-refractivity contribution in [2.45, 2.75) is 0 Å². The number of halogens is 2. The van der Waals surface area contributed by atoms with Gasteiger partial charge >= 0.3 is 0 Å². The van der Waals surface area contributed by atoms with Crippen LogP contribution in [0.4, 0.5) is 0 Å². The molecule has 0 spiro atoms. The van der Waals surface area contributed by atoms with E-state index in [1.807, 2.05) is 0 Å². The topological polar surface area (TPSA) is 48.0 Å². The first kappa shape index (κ1) is 18.4. The molecule has 0 saturated carbocycles. The Hall–Kier alpha value is 0.380. The van der Waals surface area contributed by atoms with Gasteiger partial charge in [0.15, 0.2) is 0 Å². The zero-order chi connectivity index (χ0) is 12.4. The van der Waals surface area contributed by atoms with Crippen LogP contribution in [-0.4, -0.2) is 87.1 Å². The SMILES string of the molecule is Cl.Cl.OCC12CNCC1CN(CCN1CCOCC1)C2. The van der Waals surface area contributed by atoms with Gasteiger partial charge < -0.3 is 20.1 Å². The molecular weight excluding hydrogens is 301 g/mol. The molecule has 5 nitrogen and oxygen atoms in total. The fourth-order valence-corrected chi connectivity index (χ4v) is 3.63. The quantitative estimate of drug-likeness (QED) is 0.741. The van der Waals surface area contributed by atoms with Crippen LogP contribution in [0, 0.1) is 11.3 Å². The number of nitrogens with zero attached hydrogens (tertiary/aromatic N) is 2. The van der Waals surface area contributed by atoms with Crippen molar-refractivity contribution in [3.8, 4) is 0 Å². The van der Waals surface area contributed by atoms with Crippen LogP contribution in [-0.2, 0) is 4.74 Å². The van der Waals surface area contributed by atoms with Gasteiger partial charge in [0, 0.05) is 51.2 Å². The van der Waals surface area contributed by atoms with E-state index in [4.69, 9.17) is 4.74 Å². The molecule has 7 heteroatoms. The molecule has 3 aliphatic heterocycles. The zero-order valence-electron chi connectivity index (χ0n) is 11.9. The van der Waals surface area contributed by atoms with E-state index in [-0.39, 0.29) is 30.2 Å². The summed E-state index contributed by atoms with van der Waals surface area (Å²) in [6.07, 6.45) is 0. The Morgan fingerprint density at radius 2 is 1.85 bits per heavy atom. The van der Waals surface area contributed by atoms with E-state index in [0.29, 0.717) is 12.5 Å². The first-order chi connectivity index (χ1) is 8.82. The number of rotatable bonds is 4. The van der Waals surface area contributed by atoms with Crippen molar-refractivity contribution in [1.29, 1.82) is 0 Å². The second-order valence-corrected chi connectivity index (χ2v) is 6.04. The summed E-state index contributed by atoms with van der Waals surface area (Å²) in [7, 11) is 0. The highest BCUT2D eigenvalue weighted by atomic mass is 35.5. The van der Waals surface area contributed by atoms with Crippen molar-refractivity contribution in [1.82, 2.24) is 15.1 Å². The average molecular weight is 328 g/mol. The first-order valence-corrected chi connectivity index (χ1v) is 7.16. The molecule has 0 radical (unpaired) electrons. The monoisotopic (exact) mass is 327 g/mol. The maximum atomic E-state index is 9.67. The van der Waals surface area contributed by atoms with Gasteiger partial charge in [-0.15, -0.1) is 24.8 Å². The van der Waals surface area contributed by atoms with Gasteiger partial charge in [-0.25, -0.2) is 0 Å². The number of fused-ring (bicyclic) bond motifs is 1. The second-order valence-electron chi connectivity index (χ2n) is 6.04. The molecule has 0 amide bonds. The number of hydrogen-bond donors (Lipinski definition) is 2. The Bertz CT molecular complexity index is 293. The molecule has 0 aromatic heterocycles. The van der Waals surface area contributed by atoms with Crippen molar-refractivity contribution in [3.05, 3.63) is 0 Å². The summed E-state index contributed by atoms with van der Waals surface area (Å²) in [5.41, 5.74) is 0.144. The molecule has 2 atom stereocenters. The first-order valence-electron chi connectivity index (χ1n) is 7.16. The summed E-state index contributed by atoms with van der Waals surface area (Å²) in [5.74, 6) is 0.646. The fraction of sp³-hybridized carbons (Fsp3) is 1.00. The van der Waals surface area contributed by atoms with Crippen LogP contribution in [0.15, 0.2) is 0 Å². The molecule has 3 saturated heterocycles. The van der Waals surface area contributed by atoms with E-state index in [1.165, 1.54) is 0 Å². The van der Waals surface area contributed by atoms with Gasteiger partial charge in [-0.1, -0.05) is 0 Å². The molecule has 3 aliphatic rings. The summed E-state index contributed by atoms with van der Waals surface area (Å²) >= 11 is 0. The summed E-state index contributed by atoms with van der Waals surface area (Å²) in [6, 6.07) is 0. The Morgan fingerprint density at radius 1 is 1.15 bits per heavy atom. The molecule has 3 heterocycles. The minimum atomic E-state index is 0. The van der Waals surface area contributed by atoms with Crippen LogP contribution in [0.25, 0.3) is 0 Å². The van der Waals surface area contributed by atoms with Crippen LogP contribution >= 0.6 is 24.8 Å². The Morgan fingerprint density at radius 3 is 2.50 bits per heavy atom. The van der Waals surface area contributed by atoms with E-state index >= 15 is 0 Å². The second kappa shape index (κ2) is 8.13. The number of ether oxygens (including phenoxy) is 1. The molecule has 0 aromatic rings. The maximum Gasteiger partial charge on any atom is 0.0594 e. The van der Waals surface area contributed by atoms with E-state index < -0.39 is 0 Å². The summed E-state index contributed by atoms with van der Waals surface area (Å²) in [6.45, 7) is 10.8. The molecule has 0 bridgehead atoms. The minimum absolute atomic E-state index is 0. The third-order valence-electron chi connectivity index (χ3n) is 4.90. The highest BCUT2D eigenvalue weighted by molar-refractivity contribution is 5.85. The van der Waals surface area contributed by atoms with Crippen molar-refractivity contribution in [2.75, 3.05) is 72.2 Å². The van der Waals surface area contributed by atoms with Crippen molar-refractivity contribution in [2.24, 2.45) is 11.3 Å². The van der Waals surface area contributed by atoms with Gasteiger partial charge in [-0.3, -0.25) is 4.90 Å². The van der Waals surface area contributed by atoms with Crippen molar-refractivity contribution in [3.63, 3.8) is 0 Å². The van der Waals surface area contributed by atoms with Gasteiger partial charge in [0.2, 0.25) is 0 Å². The lowest BCUT2D eigenvalue weighted by Crippen LogP contribution is -2.42. The average Bonchev–Trinajstić information content (AvgIpc) is 2.94.